The van der Waals surface area contributed by atoms with Crippen LogP contribution in [-0.4, -0.2) is 118 Å². The number of carboxylic acid groups (broad SMARTS) is 2. The molecule has 0 aliphatic carbocycles. The number of ketones is 1. The third kappa shape index (κ3) is 12.9. The number of amides is 5. The fourth-order valence-electron chi connectivity index (χ4n) is 5.27. The van der Waals surface area contributed by atoms with Crippen LogP contribution in [0.2, 0.25) is 0 Å². The third-order valence-corrected chi connectivity index (χ3v) is 9.74. The van der Waals surface area contributed by atoms with Gasteiger partial charge in [0, 0.05) is 54.9 Å². The number of H-pyrrole nitrogens is 1. The molecule has 1 aromatic carbocycles. The van der Waals surface area contributed by atoms with Crippen molar-refractivity contribution < 1.29 is 48.6 Å². The van der Waals surface area contributed by atoms with Crippen LogP contribution in [0.25, 0.3) is 11.2 Å². The van der Waals surface area contributed by atoms with Gasteiger partial charge in [-0.05, 0) is 51.0 Å². The Hall–Kier alpha value is -6.78. The number of aliphatic carboxylic acids is 2. The van der Waals surface area contributed by atoms with E-state index in [1.54, 1.807) is 19.1 Å². The standard InChI is InChI=1S/C35H41N11O11S/c1-17(3-4-18(2)47)44-45-26(49)11-12-46-27(50)13-24(32(46)53)58-16-23(34(56)57)40-25(48)10-9-22(33(54)55)41-30(51)19-5-7-20(8-6-19)37-14-21-15-38-29-28(39-21)31(52)43-35(36)42-29/h5-8,15,22-24,37H,3-4,9-14,16H2,1-2H3,(H,40,48)(H,41,51)(H,45,49)(H,54,55)(H,56,57)(H3,36,38,42,43,52)/b44-17+/t22-,23+,24?/m1/s1. The van der Waals surface area contributed by atoms with Crippen molar-refractivity contribution in [3.8, 4) is 0 Å². The molecule has 2 aromatic heterocycles. The predicted octanol–water partition coefficient (Wildman–Crippen LogP) is -0.448. The number of hydrogen-bond acceptors (Lipinski definition) is 16. The maximum atomic E-state index is 12.9. The Balaban J connectivity index is 1.21. The van der Waals surface area contributed by atoms with E-state index in [1.165, 1.54) is 25.3 Å². The van der Waals surface area contributed by atoms with Crippen molar-refractivity contribution in [1.29, 1.82) is 0 Å². The lowest BCUT2D eigenvalue weighted by atomic mass is 10.1. The molecule has 58 heavy (non-hydrogen) atoms. The number of imide groups is 1. The van der Waals surface area contributed by atoms with Gasteiger partial charge in [-0.25, -0.2) is 25.0 Å². The number of fused-ring (bicyclic) bond motifs is 1. The van der Waals surface area contributed by atoms with E-state index in [0.717, 1.165) is 16.7 Å². The second kappa shape index (κ2) is 20.4. The number of hydrogen-bond donors (Lipinski definition) is 8. The average molecular weight is 824 g/mol. The lowest BCUT2D eigenvalue weighted by Crippen LogP contribution is -2.45. The fourth-order valence-corrected chi connectivity index (χ4v) is 6.45. The smallest absolute Gasteiger partial charge is 0.327 e. The first-order chi connectivity index (χ1) is 27.5. The molecule has 1 aliphatic heterocycles. The topological polar surface area (TPSA) is 338 Å². The maximum Gasteiger partial charge on any atom is 0.327 e. The number of rotatable bonds is 21. The number of thioether (sulfide) groups is 1. The summed E-state index contributed by atoms with van der Waals surface area (Å²) in [5, 5.41) is 30.0. The predicted molar refractivity (Wildman–Crippen MR) is 207 cm³/mol. The van der Waals surface area contributed by atoms with Crippen LogP contribution in [0, 0.1) is 0 Å². The summed E-state index contributed by atoms with van der Waals surface area (Å²) in [7, 11) is 0. The van der Waals surface area contributed by atoms with Crippen molar-refractivity contribution in [1.82, 2.24) is 40.9 Å². The molecule has 308 valence electrons. The quantitative estimate of drug-likeness (QED) is 0.0383. The van der Waals surface area contributed by atoms with E-state index in [2.05, 4.69) is 46.4 Å². The van der Waals surface area contributed by atoms with Gasteiger partial charge in [-0.2, -0.15) is 10.1 Å². The van der Waals surface area contributed by atoms with Gasteiger partial charge in [-0.1, -0.05) is 0 Å². The molecule has 5 amide bonds. The molecule has 23 heteroatoms. The van der Waals surface area contributed by atoms with Gasteiger partial charge in [0.15, 0.2) is 11.2 Å². The van der Waals surface area contributed by atoms with Crippen molar-refractivity contribution in [3.63, 3.8) is 0 Å². The van der Waals surface area contributed by atoms with Crippen molar-refractivity contribution in [2.24, 2.45) is 5.10 Å². The number of aromatic amines is 1. The lowest BCUT2D eigenvalue weighted by molar-refractivity contribution is -0.142. The molecule has 3 heterocycles. The van der Waals surface area contributed by atoms with Gasteiger partial charge in [0.2, 0.25) is 29.6 Å². The molecule has 0 radical (unpaired) electrons. The Kier molecular flexibility index (Phi) is 15.5. The Bertz CT molecular complexity index is 2180. The van der Waals surface area contributed by atoms with Gasteiger partial charge in [-0.15, -0.1) is 11.8 Å². The van der Waals surface area contributed by atoms with Gasteiger partial charge >= 0.3 is 11.9 Å². The Morgan fingerprint density at radius 1 is 0.948 bits per heavy atom. The summed E-state index contributed by atoms with van der Waals surface area (Å²) in [6, 6.07) is 2.96. The van der Waals surface area contributed by atoms with Crippen LogP contribution in [0.3, 0.4) is 0 Å². The molecule has 1 aliphatic rings. The maximum absolute atomic E-state index is 12.9. The minimum absolute atomic E-state index is 0.00848. The minimum Gasteiger partial charge on any atom is -0.480 e. The van der Waals surface area contributed by atoms with Gasteiger partial charge in [0.1, 0.15) is 17.9 Å². The number of aromatic nitrogens is 4. The third-order valence-electron chi connectivity index (χ3n) is 8.44. The number of nitrogens with one attached hydrogen (secondary N) is 5. The van der Waals surface area contributed by atoms with Crippen molar-refractivity contribution in [3.05, 3.63) is 52.1 Å². The van der Waals surface area contributed by atoms with E-state index >= 15 is 0 Å². The molecule has 0 spiro atoms. The summed E-state index contributed by atoms with van der Waals surface area (Å²) >= 11 is 0.836. The second-order valence-corrected chi connectivity index (χ2v) is 14.3. The number of nitrogens with two attached hydrogens (primary N) is 1. The van der Waals surface area contributed by atoms with Crippen molar-refractivity contribution in [2.45, 2.75) is 76.3 Å². The monoisotopic (exact) mass is 823 g/mol. The molecule has 9 N–H and O–H groups in total. The molecule has 3 atom stereocenters. The normalized spacial score (nSPS) is 15.1. The average Bonchev–Trinajstić information content (AvgIpc) is 3.45. The Labute approximate surface area is 333 Å². The van der Waals surface area contributed by atoms with Gasteiger partial charge in [0.25, 0.3) is 11.5 Å². The van der Waals surface area contributed by atoms with Gasteiger partial charge in [-0.3, -0.25) is 38.7 Å². The number of benzene rings is 1. The Morgan fingerprint density at radius 2 is 1.66 bits per heavy atom. The molecular weight excluding hydrogens is 783 g/mol. The first-order valence-electron chi connectivity index (χ1n) is 17.7. The highest BCUT2D eigenvalue weighted by Gasteiger charge is 2.39. The van der Waals surface area contributed by atoms with E-state index in [4.69, 9.17) is 5.73 Å². The lowest BCUT2D eigenvalue weighted by Gasteiger charge is -2.18. The summed E-state index contributed by atoms with van der Waals surface area (Å²) in [6.07, 6.45) is 0.710. The van der Waals surface area contributed by atoms with E-state index < -0.39 is 70.8 Å². The zero-order chi connectivity index (χ0) is 42.5. The van der Waals surface area contributed by atoms with Crippen LogP contribution in [0.15, 0.2) is 40.4 Å². The molecule has 4 rings (SSSR count). The number of Topliss-reactive ketones (excluding diaryl/α,β-unsaturated/α-hetero) is 1. The molecule has 1 saturated heterocycles. The molecule has 22 nitrogen and oxygen atoms in total. The summed E-state index contributed by atoms with van der Waals surface area (Å²) in [5.41, 5.74) is 8.98. The number of carboxylic acids is 2. The number of likely N-dealkylation sites (tertiary alicyclic amines) is 1. The molecule has 0 bridgehead atoms. The van der Waals surface area contributed by atoms with Crippen LogP contribution in [0.5, 0.6) is 0 Å². The van der Waals surface area contributed by atoms with Gasteiger partial charge < -0.3 is 36.7 Å². The minimum atomic E-state index is -1.51. The Morgan fingerprint density at radius 3 is 2.33 bits per heavy atom. The number of carbonyl (C=O) groups excluding carboxylic acids is 6. The number of anilines is 2. The highest BCUT2D eigenvalue weighted by Crippen LogP contribution is 2.26. The van der Waals surface area contributed by atoms with Crippen molar-refractivity contribution >= 4 is 87.5 Å². The van der Waals surface area contributed by atoms with Crippen LogP contribution in [0.4, 0.5) is 11.6 Å². The van der Waals surface area contributed by atoms with Crippen LogP contribution >= 0.6 is 11.8 Å². The zero-order valence-corrected chi connectivity index (χ0v) is 32.1. The molecule has 3 aromatic rings. The first-order valence-corrected chi connectivity index (χ1v) is 18.7. The highest BCUT2D eigenvalue weighted by atomic mass is 32.2. The summed E-state index contributed by atoms with van der Waals surface area (Å²) in [5.74, 6) is -6.61. The molecule has 0 saturated carbocycles. The zero-order valence-electron chi connectivity index (χ0n) is 31.3. The van der Waals surface area contributed by atoms with Crippen LogP contribution in [0.1, 0.15) is 68.4 Å². The fraction of sp³-hybridized carbons (Fsp3) is 0.400. The summed E-state index contributed by atoms with van der Waals surface area (Å²) in [4.78, 5) is 126. The van der Waals surface area contributed by atoms with E-state index in [9.17, 15) is 53.4 Å². The highest BCUT2D eigenvalue weighted by molar-refractivity contribution is 8.00. The first kappa shape index (κ1) is 43.9. The SMILES string of the molecule is CC(=O)CC/C(C)=N/NC(=O)CCN1C(=O)CC(SC[C@H](NC(=O)CC[C@@H](NC(=O)c2ccc(NCc3cnc4nc(N)[nH]c(=O)c4n3)cc2)C(=O)O)C(=O)O)C1=O. The molecule has 1 unspecified atom stereocenters. The van der Waals surface area contributed by atoms with Crippen molar-refractivity contribution in [2.75, 3.05) is 23.3 Å². The van der Waals surface area contributed by atoms with Crippen LogP contribution in [-0.2, 0) is 40.1 Å². The van der Waals surface area contributed by atoms with E-state index in [-0.39, 0.29) is 73.0 Å². The van der Waals surface area contributed by atoms with Gasteiger partial charge in [0.05, 0.1) is 23.7 Å². The number of nitrogens with zero attached hydrogens (tertiary/aromatic N) is 5. The number of hydrazone groups is 1. The summed E-state index contributed by atoms with van der Waals surface area (Å²) in [6.45, 7) is 3.00. The van der Waals surface area contributed by atoms with E-state index in [0.29, 0.717) is 23.5 Å². The largest absolute Gasteiger partial charge is 0.480 e. The second-order valence-electron chi connectivity index (χ2n) is 13.0. The van der Waals surface area contributed by atoms with Crippen LogP contribution < -0.4 is 32.7 Å². The van der Waals surface area contributed by atoms with E-state index in [1.807, 2.05) is 0 Å². The summed E-state index contributed by atoms with van der Waals surface area (Å²) < 4.78 is 0. The number of nitrogen functional groups attached to an aromatic ring is 1. The number of carbonyl (C=O) groups is 8. The molecule has 1 fully saturated rings. The molecular formula is C35H41N11O11S.